The molecule has 18 heavy (non-hydrogen) atoms. The van der Waals surface area contributed by atoms with Gasteiger partial charge in [0.15, 0.2) is 5.78 Å². The molecule has 8 nitrogen and oxygen atoms in total. The molecule has 0 aromatic heterocycles. The molecular weight excluding hydrogens is 246 g/mol. The summed E-state index contributed by atoms with van der Waals surface area (Å²) in [5.74, 6) is -6.17. The van der Waals surface area contributed by atoms with Crippen LogP contribution in [0, 0.1) is 5.92 Å². The van der Waals surface area contributed by atoms with Crippen molar-refractivity contribution < 1.29 is 33.8 Å². The molecule has 0 saturated carbocycles. The third-order valence-corrected chi connectivity index (χ3v) is 2.22. The predicted octanol–water partition coefficient (Wildman–Crippen LogP) is -0.336. The predicted molar refractivity (Wildman–Crippen MR) is 55.4 cm³/mol. The molecule has 1 heterocycles. The molecule has 0 aromatic carbocycles. The summed E-state index contributed by atoms with van der Waals surface area (Å²) < 4.78 is 9.51. The highest BCUT2D eigenvalue weighted by molar-refractivity contribution is 6.17. The standard InChI is InChI=1S/C10H13NO7/c1-4(11-9(15)16)6(12)5-7(13)17-10(2,3)18-8(5)14/h4-5,11H,1-3H3,(H,15,16). The molecule has 1 unspecified atom stereocenters. The monoisotopic (exact) mass is 259 g/mol. The Kier molecular flexibility index (Phi) is 3.59. The Bertz CT molecular complexity index is 394. The number of ether oxygens (including phenoxy) is 2. The van der Waals surface area contributed by atoms with Gasteiger partial charge in [-0.05, 0) is 6.92 Å². The zero-order valence-corrected chi connectivity index (χ0v) is 10.1. The van der Waals surface area contributed by atoms with Crippen LogP contribution in [0.4, 0.5) is 4.79 Å². The van der Waals surface area contributed by atoms with Gasteiger partial charge in [-0.15, -0.1) is 0 Å². The number of hydrogen-bond donors (Lipinski definition) is 2. The Morgan fingerprint density at radius 2 is 1.72 bits per heavy atom. The van der Waals surface area contributed by atoms with E-state index in [4.69, 9.17) is 14.6 Å². The van der Waals surface area contributed by atoms with Crippen molar-refractivity contribution in [3.05, 3.63) is 0 Å². The summed E-state index contributed by atoms with van der Waals surface area (Å²) >= 11 is 0. The van der Waals surface area contributed by atoms with Gasteiger partial charge in [0.05, 0.1) is 6.04 Å². The fraction of sp³-hybridized carbons (Fsp3) is 0.600. The molecule has 100 valence electrons. The van der Waals surface area contributed by atoms with Crippen LogP contribution < -0.4 is 5.32 Å². The van der Waals surface area contributed by atoms with Crippen LogP contribution in [0.15, 0.2) is 0 Å². The van der Waals surface area contributed by atoms with Crippen molar-refractivity contribution in [1.29, 1.82) is 0 Å². The minimum atomic E-state index is -1.75. The summed E-state index contributed by atoms with van der Waals surface area (Å²) in [5.41, 5.74) is 0. The first kappa shape index (κ1) is 13.9. The van der Waals surface area contributed by atoms with Crippen LogP contribution in [0.2, 0.25) is 0 Å². The lowest BCUT2D eigenvalue weighted by Crippen LogP contribution is -2.53. The zero-order valence-electron chi connectivity index (χ0n) is 10.1. The lowest BCUT2D eigenvalue weighted by molar-refractivity contribution is -0.238. The summed E-state index contributed by atoms with van der Waals surface area (Å²) in [4.78, 5) is 45.2. The number of rotatable bonds is 3. The Labute approximate surface area is 102 Å². The average molecular weight is 259 g/mol. The van der Waals surface area contributed by atoms with Gasteiger partial charge in [0, 0.05) is 13.8 Å². The van der Waals surface area contributed by atoms with Gasteiger partial charge in [0.2, 0.25) is 5.92 Å². The fourth-order valence-electron chi connectivity index (χ4n) is 1.46. The smallest absolute Gasteiger partial charge is 0.405 e. The first-order valence-corrected chi connectivity index (χ1v) is 5.13. The molecule has 0 radical (unpaired) electrons. The second-order valence-corrected chi connectivity index (χ2v) is 4.25. The topological polar surface area (TPSA) is 119 Å². The Hall–Kier alpha value is -2.12. The van der Waals surface area contributed by atoms with E-state index in [2.05, 4.69) is 0 Å². The molecular formula is C10H13NO7. The number of carboxylic acid groups (broad SMARTS) is 1. The van der Waals surface area contributed by atoms with Crippen molar-refractivity contribution in [2.45, 2.75) is 32.6 Å². The molecule has 0 spiro atoms. The van der Waals surface area contributed by atoms with Gasteiger partial charge in [-0.25, -0.2) is 4.79 Å². The lowest BCUT2D eigenvalue weighted by atomic mass is 9.98. The van der Waals surface area contributed by atoms with E-state index in [1.165, 1.54) is 20.8 Å². The van der Waals surface area contributed by atoms with Crippen molar-refractivity contribution >= 4 is 23.8 Å². The van der Waals surface area contributed by atoms with Crippen LogP contribution in [0.25, 0.3) is 0 Å². The van der Waals surface area contributed by atoms with Crippen LogP contribution in [0.1, 0.15) is 20.8 Å². The van der Waals surface area contributed by atoms with Crippen molar-refractivity contribution in [2.75, 3.05) is 0 Å². The summed E-state index contributed by atoms with van der Waals surface area (Å²) in [5, 5.41) is 10.3. The lowest BCUT2D eigenvalue weighted by Gasteiger charge is -2.32. The summed E-state index contributed by atoms with van der Waals surface area (Å²) in [7, 11) is 0. The number of nitrogens with one attached hydrogen (secondary N) is 1. The highest BCUT2D eigenvalue weighted by Gasteiger charge is 2.48. The number of ketones is 1. The van der Waals surface area contributed by atoms with E-state index in [1.54, 1.807) is 0 Å². The van der Waals surface area contributed by atoms with E-state index in [0.29, 0.717) is 0 Å². The Morgan fingerprint density at radius 1 is 1.28 bits per heavy atom. The molecule has 2 N–H and O–H groups in total. The fourth-order valence-corrected chi connectivity index (χ4v) is 1.46. The molecule has 1 fully saturated rings. The highest BCUT2D eigenvalue weighted by atomic mass is 16.7. The van der Waals surface area contributed by atoms with Gasteiger partial charge in [0.25, 0.3) is 5.79 Å². The molecule has 1 aliphatic rings. The number of carbonyl (C=O) groups excluding carboxylic acids is 3. The van der Waals surface area contributed by atoms with Crippen LogP contribution in [-0.4, -0.2) is 40.8 Å². The molecule has 8 heteroatoms. The van der Waals surface area contributed by atoms with Crippen LogP contribution in [-0.2, 0) is 23.9 Å². The van der Waals surface area contributed by atoms with Crippen LogP contribution in [0.5, 0.6) is 0 Å². The Balaban J connectivity index is 2.83. The van der Waals surface area contributed by atoms with Gasteiger partial charge >= 0.3 is 18.0 Å². The second-order valence-electron chi connectivity index (χ2n) is 4.25. The molecule has 0 bridgehead atoms. The molecule has 1 atom stereocenters. The highest BCUT2D eigenvalue weighted by Crippen LogP contribution is 2.24. The first-order valence-electron chi connectivity index (χ1n) is 5.13. The zero-order chi connectivity index (χ0) is 14.1. The average Bonchev–Trinajstić information content (AvgIpc) is 2.12. The van der Waals surface area contributed by atoms with E-state index < -0.39 is 41.6 Å². The van der Waals surface area contributed by atoms with Crippen molar-refractivity contribution in [2.24, 2.45) is 5.92 Å². The SMILES string of the molecule is CC(NC(=O)O)C(=O)C1C(=O)OC(C)(C)OC1=O. The largest absolute Gasteiger partial charge is 0.465 e. The summed E-state index contributed by atoms with van der Waals surface area (Å²) in [6.45, 7) is 3.92. The minimum absolute atomic E-state index is 0.914. The van der Waals surface area contributed by atoms with E-state index in [9.17, 15) is 19.2 Å². The van der Waals surface area contributed by atoms with Crippen molar-refractivity contribution in [3.63, 3.8) is 0 Å². The number of amides is 1. The molecule has 0 aliphatic carbocycles. The van der Waals surface area contributed by atoms with E-state index in [1.807, 2.05) is 5.32 Å². The maximum atomic E-state index is 11.7. The van der Waals surface area contributed by atoms with E-state index in [0.717, 1.165) is 0 Å². The van der Waals surface area contributed by atoms with Gasteiger partial charge in [-0.3, -0.25) is 14.4 Å². The summed E-state index contributed by atoms with van der Waals surface area (Å²) in [6.07, 6.45) is -1.44. The molecule has 1 aliphatic heterocycles. The van der Waals surface area contributed by atoms with Gasteiger partial charge in [-0.1, -0.05) is 0 Å². The maximum absolute atomic E-state index is 11.7. The van der Waals surface area contributed by atoms with Crippen molar-refractivity contribution in [1.82, 2.24) is 5.32 Å². The number of hydrogen-bond acceptors (Lipinski definition) is 6. The number of esters is 2. The Morgan fingerprint density at radius 3 is 2.11 bits per heavy atom. The molecule has 1 saturated heterocycles. The second kappa shape index (κ2) is 4.63. The van der Waals surface area contributed by atoms with Crippen LogP contribution >= 0.6 is 0 Å². The molecule has 1 rings (SSSR count). The maximum Gasteiger partial charge on any atom is 0.405 e. The van der Waals surface area contributed by atoms with E-state index >= 15 is 0 Å². The molecule has 1 amide bonds. The normalized spacial score (nSPS) is 20.6. The van der Waals surface area contributed by atoms with Crippen molar-refractivity contribution in [3.8, 4) is 0 Å². The molecule has 0 aromatic rings. The minimum Gasteiger partial charge on any atom is -0.465 e. The summed E-state index contributed by atoms with van der Waals surface area (Å²) in [6, 6.07) is -1.21. The third kappa shape index (κ3) is 2.96. The number of Topliss-reactive ketones (excluding diaryl/α,β-unsaturated/α-hetero) is 1. The van der Waals surface area contributed by atoms with Crippen LogP contribution in [0.3, 0.4) is 0 Å². The number of carbonyl (C=O) groups is 4. The van der Waals surface area contributed by atoms with Gasteiger partial charge < -0.3 is 19.9 Å². The third-order valence-electron chi connectivity index (χ3n) is 2.22. The number of cyclic esters (lactones) is 2. The quantitative estimate of drug-likeness (QED) is 0.525. The first-order chi connectivity index (χ1) is 8.14. The van der Waals surface area contributed by atoms with Gasteiger partial charge in [-0.2, -0.15) is 0 Å². The van der Waals surface area contributed by atoms with E-state index in [-0.39, 0.29) is 0 Å². The van der Waals surface area contributed by atoms with Gasteiger partial charge in [0.1, 0.15) is 0 Å².